The first-order valence-electron chi connectivity index (χ1n) is 5.76. The Morgan fingerprint density at radius 1 is 1.22 bits per heavy atom. The lowest BCUT2D eigenvalue weighted by Crippen LogP contribution is -2.13. The highest BCUT2D eigenvalue weighted by Crippen LogP contribution is 2.18. The molecule has 0 aliphatic heterocycles. The summed E-state index contributed by atoms with van der Waals surface area (Å²) in [7, 11) is 0. The molecule has 0 saturated heterocycles. The van der Waals surface area contributed by atoms with Crippen molar-refractivity contribution in [1.29, 1.82) is 0 Å². The van der Waals surface area contributed by atoms with E-state index >= 15 is 0 Å². The first-order chi connectivity index (χ1) is 8.58. The third kappa shape index (κ3) is 3.00. The monoisotopic (exact) mass is 311 g/mol. The lowest BCUT2D eigenvalue weighted by atomic mass is 10.1. The van der Waals surface area contributed by atoms with E-state index in [4.69, 9.17) is 4.42 Å². The van der Waals surface area contributed by atoms with E-state index in [9.17, 15) is 4.39 Å². The molecule has 1 heterocycles. The molecule has 0 atom stereocenters. The van der Waals surface area contributed by atoms with Gasteiger partial charge in [-0.15, -0.1) is 0 Å². The molecule has 0 amide bonds. The van der Waals surface area contributed by atoms with Gasteiger partial charge in [-0.25, -0.2) is 4.39 Å². The molecule has 0 spiro atoms. The van der Waals surface area contributed by atoms with Gasteiger partial charge in [0.15, 0.2) is 0 Å². The van der Waals surface area contributed by atoms with Crippen molar-refractivity contribution in [3.05, 3.63) is 57.2 Å². The van der Waals surface area contributed by atoms with Gasteiger partial charge in [0, 0.05) is 6.54 Å². The summed E-state index contributed by atoms with van der Waals surface area (Å²) in [4.78, 5) is 0. The van der Waals surface area contributed by atoms with Crippen LogP contribution < -0.4 is 5.32 Å². The van der Waals surface area contributed by atoms with E-state index in [1.54, 1.807) is 20.1 Å². The van der Waals surface area contributed by atoms with E-state index in [1.807, 2.05) is 18.2 Å². The van der Waals surface area contributed by atoms with Gasteiger partial charge < -0.3 is 9.73 Å². The molecular weight excluding hydrogens is 297 g/mol. The van der Waals surface area contributed by atoms with Gasteiger partial charge in [0.25, 0.3) is 0 Å². The SMILES string of the molecule is Cc1cc(CNCc2occc2Br)cc(C)c1F. The second-order valence-corrected chi connectivity index (χ2v) is 5.19. The highest BCUT2D eigenvalue weighted by molar-refractivity contribution is 9.10. The average molecular weight is 312 g/mol. The normalized spacial score (nSPS) is 10.9. The third-order valence-corrected chi connectivity index (χ3v) is 3.51. The van der Waals surface area contributed by atoms with Crippen LogP contribution in [0.25, 0.3) is 0 Å². The van der Waals surface area contributed by atoms with Crippen molar-refractivity contribution < 1.29 is 8.81 Å². The molecule has 0 unspecified atom stereocenters. The Hall–Kier alpha value is -1.13. The van der Waals surface area contributed by atoms with Gasteiger partial charge >= 0.3 is 0 Å². The molecule has 2 aromatic rings. The zero-order valence-corrected chi connectivity index (χ0v) is 12.0. The van der Waals surface area contributed by atoms with Gasteiger partial charge in [-0.05, 0) is 52.5 Å². The summed E-state index contributed by atoms with van der Waals surface area (Å²) in [5, 5.41) is 3.27. The van der Waals surface area contributed by atoms with Crippen LogP contribution in [0, 0.1) is 19.7 Å². The number of furan rings is 1. The molecule has 18 heavy (non-hydrogen) atoms. The largest absolute Gasteiger partial charge is 0.467 e. The fraction of sp³-hybridized carbons (Fsp3) is 0.286. The maximum absolute atomic E-state index is 13.5. The van der Waals surface area contributed by atoms with Crippen LogP contribution in [0.3, 0.4) is 0 Å². The van der Waals surface area contributed by atoms with E-state index < -0.39 is 0 Å². The molecule has 0 radical (unpaired) electrons. The van der Waals surface area contributed by atoms with Crippen LogP contribution in [0.15, 0.2) is 33.4 Å². The van der Waals surface area contributed by atoms with Crippen molar-refractivity contribution in [2.75, 3.05) is 0 Å². The number of hydrogen-bond acceptors (Lipinski definition) is 2. The lowest BCUT2D eigenvalue weighted by molar-refractivity contribution is 0.480. The van der Waals surface area contributed by atoms with Gasteiger partial charge in [0.05, 0.1) is 17.3 Å². The number of aryl methyl sites for hydroxylation is 2. The number of nitrogens with one attached hydrogen (secondary N) is 1. The fourth-order valence-corrected chi connectivity index (χ4v) is 2.25. The summed E-state index contributed by atoms with van der Waals surface area (Å²) in [6.45, 7) is 4.90. The molecule has 96 valence electrons. The van der Waals surface area contributed by atoms with Crippen LogP contribution in [0.4, 0.5) is 4.39 Å². The third-order valence-electron chi connectivity index (χ3n) is 2.80. The Bertz CT molecular complexity index is 527. The van der Waals surface area contributed by atoms with Gasteiger partial charge in [0.1, 0.15) is 11.6 Å². The summed E-state index contributed by atoms with van der Waals surface area (Å²) in [6, 6.07) is 5.60. The molecule has 1 aromatic carbocycles. The summed E-state index contributed by atoms with van der Waals surface area (Å²) in [5.74, 6) is 0.748. The Labute approximate surface area is 114 Å². The predicted octanol–water partition coefficient (Wildman–Crippen LogP) is 4.09. The van der Waals surface area contributed by atoms with Crippen LogP contribution >= 0.6 is 15.9 Å². The Morgan fingerprint density at radius 2 is 1.89 bits per heavy atom. The van der Waals surface area contributed by atoms with Crippen molar-refractivity contribution >= 4 is 15.9 Å². The van der Waals surface area contributed by atoms with Crippen molar-refractivity contribution in [2.45, 2.75) is 26.9 Å². The molecule has 0 saturated carbocycles. The average Bonchev–Trinajstić information content (AvgIpc) is 2.72. The molecule has 1 aromatic heterocycles. The topological polar surface area (TPSA) is 25.2 Å². The molecule has 1 N–H and O–H groups in total. The highest BCUT2D eigenvalue weighted by Gasteiger charge is 2.05. The van der Waals surface area contributed by atoms with Crippen molar-refractivity contribution in [3.8, 4) is 0 Å². The van der Waals surface area contributed by atoms with Crippen molar-refractivity contribution in [1.82, 2.24) is 5.32 Å². The second-order valence-electron chi connectivity index (χ2n) is 4.34. The van der Waals surface area contributed by atoms with Crippen LogP contribution in [-0.4, -0.2) is 0 Å². The Kier molecular flexibility index (Phi) is 4.19. The number of halogens is 2. The predicted molar refractivity (Wildman–Crippen MR) is 72.8 cm³/mol. The minimum absolute atomic E-state index is 0.118. The quantitative estimate of drug-likeness (QED) is 0.920. The Morgan fingerprint density at radius 3 is 2.44 bits per heavy atom. The van der Waals surface area contributed by atoms with Crippen molar-refractivity contribution in [3.63, 3.8) is 0 Å². The highest BCUT2D eigenvalue weighted by atomic mass is 79.9. The lowest BCUT2D eigenvalue weighted by Gasteiger charge is -2.07. The maximum atomic E-state index is 13.5. The van der Waals surface area contributed by atoms with Crippen LogP contribution in [0.1, 0.15) is 22.5 Å². The standard InChI is InChI=1S/C14H15BrFNO/c1-9-5-11(6-10(2)14(9)16)7-17-8-13-12(15)3-4-18-13/h3-6,17H,7-8H2,1-2H3. The minimum Gasteiger partial charge on any atom is -0.467 e. The van der Waals surface area contributed by atoms with Crippen LogP contribution in [-0.2, 0) is 13.1 Å². The first-order valence-corrected chi connectivity index (χ1v) is 6.55. The molecule has 0 bridgehead atoms. The summed E-state index contributed by atoms with van der Waals surface area (Å²) < 4.78 is 19.7. The van der Waals surface area contributed by atoms with E-state index in [0.717, 1.165) is 15.8 Å². The smallest absolute Gasteiger partial charge is 0.131 e. The van der Waals surface area contributed by atoms with E-state index in [-0.39, 0.29) is 5.82 Å². The molecule has 4 heteroatoms. The zero-order valence-electron chi connectivity index (χ0n) is 10.4. The minimum atomic E-state index is -0.118. The van der Waals surface area contributed by atoms with E-state index in [2.05, 4.69) is 21.2 Å². The summed E-state index contributed by atoms with van der Waals surface area (Å²) in [6.07, 6.45) is 1.65. The molecule has 2 nitrogen and oxygen atoms in total. The molecular formula is C14H15BrFNO. The van der Waals surface area contributed by atoms with Gasteiger partial charge in [0.2, 0.25) is 0 Å². The van der Waals surface area contributed by atoms with Gasteiger partial charge in [-0.1, -0.05) is 12.1 Å². The number of benzene rings is 1. The molecule has 0 aliphatic rings. The summed E-state index contributed by atoms with van der Waals surface area (Å²) >= 11 is 3.40. The Balaban J connectivity index is 1.97. The van der Waals surface area contributed by atoms with Crippen LogP contribution in [0.5, 0.6) is 0 Å². The van der Waals surface area contributed by atoms with Crippen molar-refractivity contribution in [2.24, 2.45) is 0 Å². The number of hydrogen-bond donors (Lipinski definition) is 1. The van der Waals surface area contributed by atoms with Gasteiger partial charge in [-0.3, -0.25) is 0 Å². The van der Waals surface area contributed by atoms with E-state index in [1.165, 1.54) is 0 Å². The fourth-order valence-electron chi connectivity index (χ4n) is 1.91. The molecule has 2 rings (SSSR count). The number of rotatable bonds is 4. The van der Waals surface area contributed by atoms with Crippen LogP contribution in [0.2, 0.25) is 0 Å². The van der Waals surface area contributed by atoms with Gasteiger partial charge in [-0.2, -0.15) is 0 Å². The zero-order chi connectivity index (χ0) is 13.1. The maximum Gasteiger partial charge on any atom is 0.131 e. The first kappa shape index (κ1) is 13.3. The second kappa shape index (κ2) is 5.67. The summed E-state index contributed by atoms with van der Waals surface area (Å²) in [5.41, 5.74) is 2.45. The molecule has 0 aliphatic carbocycles. The molecule has 0 fully saturated rings. The van der Waals surface area contributed by atoms with E-state index in [0.29, 0.717) is 24.2 Å².